The quantitative estimate of drug-likeness (QED) is 0.615. The lowest BCUT2D eigenvalue weighted by atomic mass is 10.1. The van der Waals surface area contributed by atoms with E-state index in [1.807, 2.05) is 11.0 Å². The zero-order valence-corrected chi connectivity index (χ0v) is 12.6. The fraction of sp³-hybridized carbons (Fsp3) is 0.438. The van der Waals surface area contributed by atoms with Gasteiger partial charge in [-0.1, -0.05) is 19.9 Å². The molecule has 0 fully saturated rings. The van der Waals surface area contributed by atoms with Gasteiger partial charge in [-0.25, -0.2) is 0 Å². The first-order valence-corrected chi connectivity index (χ1v) is 7.02. The number of nitrogen functional groups attached to an aromatic ring is 1. The Labute approximate surface area is 121 Å². The molecule has 2 N–H and O–H groups in total. The molecule has 0 aromatic heterocycles. The molecule has 1 rings (SSSR count). The number of carbonyl (C=O) groups excluding carboxylic acids is 1. The maximum absolute atomic E-state index is 12.1. The van der Waals surface area contributed by atoms with E-state index in [9.17, 15) is 4.79 Å². The van der Waals surface area contributed by atoms with Gasteiger partial charge in [0.05, 0.1) is 12.8 Å². The van der Waals surface area contributed by atoms with Crippen molar-refractivity contribution in [2.75, 3.05) is 25.9 Å². The summed E-state index contributed by atoms with van der Waals surface area (Å²) in [6, 6.07) is 5.48. The average Bonchev–Trinajstić information content (AvgIpc) is 2.44. The van der Waals surface area contributed by atoms with Crippen molar-refractivity contribution in [1.29, 1.82) is 0 Å². The van der Waals surface area contributed by atoms with E-state index in [1.54, 1.807) is 31.4 Å². The highest BCUT2D eigenvalue weighted by molar-refractivity contribution is 5.92. The monoisotopic (exact) mass is 276 g/mol. The molecule has 0 aliphatic carbocycles. The highest BCUT2D eigenvalue weighted by Crippen LogP contribution is 2.22. The molecule has 0 atom stereocenters. The number of nitrogens with two attached hydrogens (primary N) is 1. The van der Waals surface area contributed by atoms with Crippen LogP contribution in [0, 0.1) is 0 Å². The third-order valence-corrected chi connectivity index (χ3v) is 2.97. The van der Waals surface area contributed by atoms with Crippen molar-refractivity contribution in [2.45, 2.75) is 26.7 Å². The summed E-state index contributed by atoms with van der Waals surface area (Å²) in [7, 11) is 1.58. The maximum atomic E-state index is 12.1. The molecule has 0 aliphatic rings. The number of anilines is 1. The van der Waals surface area contributed by atoms with Gasteiger partial charge in [0.15, 0.2) is 0 Å². The normalized spacial score (nSPS) is 10.8. The third-order valence-electron chi connectivity index (χ3n) is 2.97. The van der Waals surface area contributed by atoms with Crippen molar-refractivity contribution >= 4 is 17.7 Å². The number of ether oxygens (including phenoxy) is 1. The van der Waals surface area contributed by atoms with E-state index < -0.39 is 0 Å². The van der Waals surface area contributed by atoms with E-state index in [0.717, 1.165) is 31.5 Å². The number of methoxy groups -OCH3 is 1. The molecule has 0 unspecified atom stereocenters. The topological polar surface area (TPSA) is 55.6 Å². The molecule has 0 heterocycles. The summed E-state index contributed by atoms with van der Waals surface area (Å²) in [4.78, 5) is 14.0. The molecule has 4 nitrogen and oxygen atoms in total. The third kappa shape index (κ3) is 4.61. The summed E-state index contributed by atoms with van der Waals surface area (Å²) in [5.74, 6) is 0.690. The number of hydrogen-bond donors (Lipinski definition) is 1. The zero-order chi connectivity index (χ0) is 15.0. The molecule has 1 amide bonds. The Morgan fingerprint density at radius 1 is 1.30 bits per heavy atom. The van der Waals surface area contributed by atoms with Crippen molar-refractivity contribution in [2.24, 2.45) is 0 Å². The molecule has 110 valence electrons. The Morgan fingerprint density at radius 2 is 1.95 bits per heavy atom. The first kappa shape index (κ1) is 16.1. The summed E-state index contributed by atoms with van der Waals surface area (Å²) in [6.45, 7) is 5.73. The van der Waals surface area contributed by atoms with Crippen LogP contribution in [0.1, 0.15) is 32.3 Å². The van der Waals surface area contributed by atoms with E-state index in [-0.39, 0.29) is 5.91 Å². The van der Waals surface area contributed by atoms with E-state index >= 15 is 0 Å². The van der Waals surface area contributed by atoms with Gasteiger partial charge in [0.2, 0.25) is 5.91 Å². The van der Waals surface area contributed by atoms with Crippen molar-refractivity contribution in [1.82, 2.24) is 4.90 Å². The zero-order valence-electron chi connectivity index (χ0n) is 12.6. The van der Waals surface area contributed by atoms with Crippen LogP contribution in [0.3, 0.4) is 0 Å². The average molecular weight is 276 g/mol. The van der Waals surface area contributed by atoms with Crippen molar-refractivity contribution < 1.29 is 9.53 Å². The van der Waals surface area contributed by atoms with Gasteiger partial charge in [0, 0.05) is 19.2 Å². The van der Waals surface area contributed by atoms with Gasteiger partial charge in [0.1, 0.15) is 5.75 Å². The van der Waals surface area contributed by atoms with Gasteiger partial charge >= 0.3 is 0 Å². The van der Waals surface area contributed by atoms with E-state index in [2.05, 4.69) is 13.8 Å². The van der Waals surface area contributed by atoms with Gasteiger partial charge in [-0.05, 0) is 36.6 Å². The van der Waals surface area contributed by atoms with E-state index in [4.69, 9.17) is 10.5 Å². The van der Waals surface area contributed by atoms with Crippen LogP contribution < -0.4 is 10.5 Å². The molecule has 1 aromatic rings. The fourth-order valence-corrected chi connectivity index (χ4v) is 2.00. The highest BCUT2D eigenvalue weighted by Gasteiger charge is 2.07. The largest absolute Gasteiger partial charge is 0.495 e. The Morgan fingerprint density at radius 3 is 2.45 bits per heavy atom. The number of rotatable bonds is 7. The summed E-state index contributed by atoms with van der Waals surface area (Å²) >= 11 is 0. The fourth-order valence-electron chi connectivity index (χ4n) is 2.00. The lowest BCUT2D eigenvalue weighted by Crippen LogP contribution is -2.30. The van der Waals surface area contributed by atoms with Crippen molar-refractivity contribution in [3.8, 4) is 5.75 Å². The second-order valence-electron chi connectivity index (χ2n) is 4.66. The molecule has 0 bridgehead atoms. The molecular formula is C16H24N2O2. The maximum Gasteiger partial charge on any atom is 0.246 e. The molecule has 1 aromatic carbocycles. The minimum Gasteiger partial charge on any atom is -0.495 e. The van der Waals surface area contributed by atoms with Crippen LogP contribution in [-0.4, -0.2) is 31.0 Å². The van der Waals surface area contributed by atoms with Crippen LogP contribution in [0.25, 0.3) is 6.08 Å². The van der Waals surface area contributed by atoms with Crippen molar-refractivity contribution in [3.63, 3.8) is 0 Å². The van der Waals surface area contributed by atoms with Gasteiger partial charge < -0.3 is 15.4 Å². The summed E-state index contributed by atoms with van der Waals surface area (Å²) in [6.07, 6.45) is 5.33. The molecule has 0 radical (unpaired) electrons. The minimum absolute atomic E-state index is 0.0445. The Bertz CT molecular complexity index is 464. The van der Waals surface area contributed by atoms with Gasteiger partial charge in [-0.3, -0.25) is 4.79 Å². The van der Waals surface area contributed by atoms with E-state index in [1.165, 1.54) is 0 Å². The Kier molecular flexibility index (Phi) is 6.64. The number of amides is 1. The van der Waals surface area contributed by atoms with E-state index in [0.29, 0.717) is 11.4 Å². The van der Waals surface area contributed by atoms with Crippen LogP contribution >= 0.6 is 0 Å². The summed E-state index contributed by atoms with van der Waals surface area (Å²) in [5, 5.41) is 0. The molecular weight excluding hydrogens is 252 g/mol. The Balaban J connectivity index is 2.75. The van der Waals surface area contributed by atoms with Crippen LogP contribution in [0.4, 0.5) is 5.69 Å². The second kappa shape index (κ2) is 8.25. The van der Waals surface area contributed by atoms with Crippen LogP contribution in [0.2, 0.25) is 0 Å². The van der Waals surface area contributed by atoms with Crippen molar-refractivity contribution in [3.05, 3.63) is 29.8 Å². The summed E-state index contributed by atoms with van der Waals surface area (Å²) in [5.41, 5.74) is 7.30. The van der Waals surface area contributed by atoms with Gasteiger partial charge in [0.25, 0.3) is 0 Å². The van der Waals surface area contributed by atoms with Crippen LogP contribution in [0.15, 0.2) is 24.3 Å². The Hall–Kier alpha value is -1.97. The van der Waals surface area contributed by atoms with Crippen LogP contribution in [0.5, 0.6) is 5.75 Å². The second-order valence-corrected chi connectivity index (χ2v) is 4.66. The van der Waals surface area contributed by atoms with Crippen LogP contribution in [-0.2, 0) is 4.79 Å². The lowest BCUT2D eigenvalue weighted by molar-refractivity contribution is -0.126. The number of carbonyl (C=O) groups is 1. The molecule has 4 heteroatoms. The molecule has 0 saturated heterocycles. The first-order valence-electron chi connectivity index (χ1n) is 7.02. The standard InChI is InChI=1S/C16H24N2O2/c1-4-10-18(11-5-2)16(19)9-7-13-6-8-15(20-3)14(17)12-13/h6-9,12H,4-5,10-11,17H2,1-3H3/b9-7-. The molecule has 0 aliphatic heterocycles. The SMILES string of the molecule is CCCN(CCC)C(=O)/C=C\c1ccc(OC)c(N)c1. The molecule has 0 saturated carbocycles. The molecule has 0 spiro atoms. The number of hydrogen-bond acceptors (Lipinski definition) is 3. The van der Waals surface area contributed by atoms with Gasteiger partial charge in [-0.15, -0.1) is 0 Å². The highest BCUT2D eigenvalue weighted by atomic mass is 16.5. The summed E-state index contributed by atoms with van der Waals surface area (Å²) < 4.78 is 5.10. The smallest absolute Gasteiger partial charge is 0.246 e. The number of benzene rings is 1. The lowest BCUT2D eigenvalue weighted by Gasteiger charge is -2.19. The van der Waals surface area contributed by atoms with Gasteiger partial charge in [-0.2, -0.15) is 0 Å². The minimum atomic E-state index is 0.0445. The predicted molar refractivity (Wildman–Crippen MR) is 83.6 cm³/mol. The number of nitrogens with zero attached hydrogens (tertiary/aromatic N) is 1. The molecule has 20 heavy (non-hydrogen) atoms. The first-order chi connectivity index (χ1) is 9.62. The predicted octanol–water partition coefficient (Wildman–Crippen LogP) is 2.94.